The van der Waals surface area contributed by atoms with Crippen LogP contribution in [0.15, 0.2) is 66.7 Å². The monoisotopic (exact) mass is 530 g/mol. The summed E-state index contributed by atoms with van der Waals surface area (Å²) in [6.07, 6.45) is 0. The van der Waals surface area contributed by atoms with E-state index in [0.717, 1.165) is 53.3 Å². The lowest BCUT2D eigenvalue weighted by molar-refractivity contribution is 0.00856. The third-order valence-corrected chi connectivity index (χ3v) is 7.89. The molecule has 1 saturated heterocycles. The summed E-state index contributed by atoms with van der Waals surface area (Å²) in [5.74, 6) is 1.18. The lowest BCUT2D eigenvalue weighted by atomic mass is 9.68. The van der Waals surface area contributed by atoms with Gasteiger partial charge in [0.1, 0.15) is 17.3 Å². The minimum absolute atomic E-state index is 0.237. The molecule has 39 heavy (non-hydrogen) atoms. The molecule has 0 aliphatic carbocycles. The zero-order valence-corrected chi connectivity index (χ0v) is 21.9. The second-order valence-electron chi connectivity index (χ2n) is 10.4. The summed E-state index contributed by atoms with van der Waals surface area (Å²) in [5, 5.41) is 14.5. The topological polar surface area (TPSA) is 90.1 Å². The maximum Gasteiger partial charge on any atom is 0.322 e. The van der Waals surface area contributed by atoms with Crippen LogP contribution < -0.4 is 14.8 Å². The van der Waals surface area contributed by atoms with Gasteiger partial charge in [-0.2, -0.15) is 0 Å². The number of H-pyrrole nitrogens is 1. The van der Waals surface area contributed by atoms with Gasteiger partial charge in [0.15, 0.2) is 0 Å². The second kappa shape index (κ2) is 9.91. The van der Waals surface area contributed by atoms with E-state index in [9.17, 15) is 14.3 Å². The third kappa shape index (κ3) is 4.47. The predicted octanol–water partition coefficient (Wildman–Crippen LogP) is 4.66. The van der Waals surface area contributed by atoms with Crippen LogP contribution >= 0.6 is 0 Å². The van der Waals surface area contributed by atoms with Crippen molar-refractivity contribution < 1.29 is 23.8 Å². The number of carbonyl (C=O) groups excluding carboxylic acids is 1. The Bertz CT molecular complexity index is 1500. The van der Waals surface area contributed by atoms with Crippen LogP contribution in [0.4, 0.5) is 14.9 Å². The van der Waals surface area contributed by atoms with E-state index in [4.69, 9.17) is 9.47 Å². The summed E-state index contributed by atoms with van der Waals surface area (Å²) in [6.45, 7) is 2.49. The van der Waals surface area contributed by atoms with Crippen molar-refractivity contribution in [1.29, 1.82) is 0 Å². The SMILES string of the molecule is COc1ccc(CN2CC3(C2)CN(C(=O)Nc2ccc(F)cc2)[C@@H](CO)c2[nH]c4cc(OC)ccc4c23)cc1. The van der Waals surface area contributed by atoms with Gasteiger partial charge in [-0.1, -0.05) is 12.1 Å². The van der Waals surface area contributed by atoms with E-state index in [-0.39, 0.29) is 23.9 Å². The van der Waals surface area contributed by atoms with Crippen molar-refractivity contribution in [1.82, 2.24) is 14.8 Å². The first-order valence-corrected chi connectivity index (χ1v) is 12.9. The maximum atomic E-state index is 13.6. The number of ether oxygens (including phenoxy) is 2. The minimum Gasteiger partial charge on any atom is -0.497 e. The van der Waals surface area contributed by atoms with Gasteiger partial charge in [0, 0.05) is 59.9 Å². The zero-order valence-electron chi connectivity index (χ0n) is 21.9. The first kappa shape index (κ1) is 25.2. The van der Waals surface area contributed by atoms with Gasteiger partial charge < -0.3 is 29.8 Å². The minimum atomic E-state index is -0.555. The van der Waals surface area contributed by atoms with Crippen molar-refractivity contribution in [2.75, 3.05) is 45.8 Å². The molecule has 2 amide bonds. The number of urea groups is 1. The van der Waals surface area contributed by atoms with E-state index in [0.29, 0.717) is 12.2 Å². The number of aromatic amines is 1. The Morgan fingerprint density at radius 1 is 1.03 bits per heavy atom. The number of carbonyl (C=O) groups is 1. The van der Waals surface area contributed by atoms with Crippen molar-refractivity contribution in [3.63, 3.8) is 0 Å². The molecule has 1 fully saturated rings. The van der Waals surface area contributed by atoms with E-state index in [2.05, 4.69) is 33.4 Å². The van der Waals surface area contributed by atoms with Crippen LogP contribution in [0.3, 0.4) is 0 Å². The molecule has 2 aliphatic heterocycles. The Kier molecular flexibility index (Phi) is 6.40. The van der Waals surface area contributed by atoms with Crippen molar-refractivity contribution in [2.24, 2.45) is 0 Å². The van der Waals surface area contributed by atoms with E-state index in [1.165, 1.54) is 29.8 Å². The maximum absolute atomic E-state index is 13.6. The van der Waals surface area contributed by atoms with Gasteiger partial charge in [-0.05, 0) is 59.7 Å². The summed E-state index contributed by atoms with van der Waals surface area (Å²) in [7, 11) is 3.29. The fourth-order valence-electron chi connectivity index (χ4n) is 6.12. The number of halogens is 1. The molecule has 0 bridgehead atoms. The molecule has 2 aliphatic rings. The first-order chi connectivity index (χ1) is 18.9. The van der Waals surface area contributed by atoms with Crippen LogP contribution in [-0.4, -0.2) is 66.4 Å². The number of nitrogens with zero attached hydrogens (tertiary/aromatic N) is 2. The number of aliphatic hydroxyl groups excluding tert-OH is 1. The van der Waals surface area contributed by atoms with Gasteiger partial charge >= 0.3 is 6.03 Å². The molecular formula is C30H31FN4O4. The second-order valence-corrected chi connectivity index (χ2v) is 10.4. The summed E-state index contributed by atoms with van der Waals surface area (Å²) >= 11 is 0. The first-order valence-electron chi connectivity index (χ1n) is 12.9. The molecule has 202 valence electrons. The van der Waals surface area contributed by atoms with Gasteiger partial charge in [-0.15, -0.1) is 0 Å². The number of aliphatic hydroxyl groups is 1. The van der Waals surface area contributed by atoms with Crippen molar-refractivity contribution >= 4 is 22.6 Å². The molecule has 4 aromatic rings. The molecule has 1 spiro atoms. The number of anilines is 1. The predicted molar refractivity (Wildman–Crippen MR) is 147 cm³/mol. The normalized spacial score (nSPS) is 18.1. The number of aromatic nitrogens is 1. The molecule has 0 saturated carbocycles. The number of likely N-dealkylation sites (tertiary alicyclic amines) is 1. The molecule has 3 heterocycles. The highest BCUT2D eigenvalue weighted by molar-refractivity contribution is 5.92. The molecule has 0 radical (unpaired) electrons. The van der Waals surface area contributed by atoms with Crippen molar-refractivity contribution in [2.45, 2.75) is 18.0 Å². The van der Waals surface area contributed by atoms with Gasteiger partial charge in [0.2, 0.25) is 0 Å². The lowest BCUT2D eigenvalue weighted by Gasteiger charge is -2.56. The van der Waals surface area contributed by atoms with Crippen molar-refractivity contribution in [3.8, 4) is 11.5 Å². The molecule has 8 nitrogen and oxygen atoms in total. The molecule has 3 aromatic carbocycles. The Morgan fingerprint density at radius 3 is 2.38 bits per heavy atom. The summed E-state index contributed by atoms with van der Waals surface area (Å²) in [5.41, 5.74) is 4.26. The number of amides is 2. The molecule has 3 N–H and O–H groups in total. The quantitative estimate of drug-likeness (QED) is 0.338. The van der Waals surface area contributed by atoms with Crippen molar-refractivity contribution in [3.05, 3.63) is 89.4 Å². The van der Waals surface area contributed by atoms with E-state index in [1.54, 1.807) is 19.1 Å². The fourth-order valence-corrected chi connectivity index (χ4v) is 6.12. The van der Waals surface area contributed by atoms with Gasteiger partial charge in [-0.3, -0.25) is 4.90 Å². The molecular weight excluding hydrogens is 499 g/mol. The molecule has 9 heteroatoms. The summed E-state index contributed by atoms with van der Waals surface area (Å²) in [6, 6.07) is 18.8. The highest BCUT2D eigenvalue weighted by Gasteiger charge is 2.53. The summed E-state index contributed by atoms with van der Waals surface area (Å²) < 4.78 is 24.2. The number of rotatable bonds is 6. The largest absolute Gasteiger partial charge is 0.497 e. The van der Waals surface area contributed by atoms with Crippen LogP contribution in [-0.2, 0) is 12.0 Å². The lowest BCUT2D eigenvalue weighted by Crippen LogP contribution is -2.66. The fraction of sp³-hybridized carbons (Fsp3) is 0.300. The van der Waals surface area contributed by atoms with Crippen LogP contribution in [0.25, 0.3) is 10.9 Å². The average Bonchev–Trinajstić information content (AvgIpc) is 3.32. The van der Waals surface area contributed by atoms with E-state index >= 15 is 0 Å². The Balaban J connectivity index is 1.34. The van der Waals surface area contributed by atoms with Gasteiger partial charge in [0.25, 0.3) is 0 Å². The van der Waals surface area contributed by atoms with Crippen LogP contribution in [0.2, 0.25) is 0 Å². The number of hydrogen-bond acceptors (Lipinski definition) is 5. The number of methoxy groups -OCH3 is 2. The Hall–Kier alpha value is -4.08. The smallest absolute Gasteiger partial charge is 0.322 e. The Labute approximate surface area is 225 Å². The number of benzene rings is 3. The third-order valence-electron chi connectivity index (χ3n) is 7.89. The van der Waals surface area contributed by atoms with Crippen LogP contribution in [0.1, 0.15) is 22.9 Å². The molecule has 1 aromatic heterocycles. The molecule has 1 atom stereocenters. The summed E-state index contributed by atoms with van der Waals surface area (Å²) in [4.78, 5) is 21.1. The molecule has 0 unspecified atom stereocenters. The standard InChI is InChI=1S/C30H31FN4O4/c1-38-22-9-3-19(4-10-22)14-34-16-30(17-34)18-35(29(37)32-21-7-5-20(31)6-8-21)26(15-36)28-27(30)24-12-11-23(39-2)13-25(24)33-28/h3-13,26,33,36H,14-18H2,1-2H3,(H,32,37)/t26-/m0/s1. The average molecular weight is 531 g/mol. The van der Waals surface area contributed by atoms with Gasteiger partial charge in [0.05, 0.1) is 26.9 Å². The molecule has 6 rings (SSSR count). The Morgan fingerprint density at radius 2 is 1.72 bits per heavy atom. The highest BCUT2D eigenvalue weighted by atomic mass is 19.1. The number of nitrogens with one attached hydrogen (secondary N) is 2. The number of hydrogen-bond donors (Lipinski definition) is 3. The van der Waals surface area contributed by atoms with Gasteiger partial charge in [-0.25, -0.2) is 9.18 Å². The zero-order chi connectivity index (χ0) is 27.1. The number of fused-ring (bicyclic) bond motifs is 4. The van der Waals surface area contributed by atoms with E-state index in [1.807, 2.05) is 24.3 Å². The van der Waals surface area contributed by atoms with Crippen LogP contribution in [0, 0.1) is 5.82 Å². The van der Waals surface area contributed by atoms with E-state index < -0.39 is 6.04 Å². The van der Waals surface area contributed by atoms with Crippen LogP contribution in [0.5, 0.6) is 11.5 Å². The highest BCUT2D eigenvalue weighted by Crippen LogP contribution is 2.49.